The van der Waals surface area contributed by atoms with Gasteiger partial charge in [-0.1, -0.05) is 30.3 Å². The molecule has 1 amide bonds. The molecule has 2 N–H and O–H groups in total. The predicted molar refractivity (Wildman–Crippen MR) is 124 cm³/mol. The molecule has 33 heavy (non-hydrogen) atoms. The third-order valence-corrected chi connectivity index (χ3v) is 6.34. The Morgan fingerprint density at radius 3 is 2.94 bits per heavy atom. The summed E-state index contributed by atoms with van der Waals surface area (Å²) in [5.74, 6) is 0.253. The SMILES string of the molecule is O=C(CCCc1c[nH]c2ccccc12)N1CCC(c2cc(COc3ccccc3F)[nH]n2)C1. The van der Waals surface area contributed by atoms with Crippen LogP contribution in [-0.2, 0) is 17.8 Å². The van der Waals surface area contributed by atoms with Gasteiger partial charge in [0.15, 0.2) is 11.6 Å². The number of likely N-dealkylation sites (tertiary alicyclic amines) is 1. The number of para-hydroxylation sites is 2. The number of amides is 1. The van der Waals surface area contributed by atoms with Crippen molar-refractivity contribution in [1.82, 2.24) is 20.1 Å². The number of carbonyl (C=O) groups is 1. The van der Waals surface area contributed by atoms with E-state index in [0.717, 1.165) is 42.7 Å². The molecule has 0 radical (unpaired) electrons. The maximum absolute atomic E-state index is 13.7. The van der Waals surface area contributed by atoms with E-state index in [-0.39, 0.29) is 30.0 Å². The lowest BCUT2D eigenvalue weighted by molar-refractivity contribution is -0.130. The fourth-order valence-corrected chi connectivity index (χ4v) is 4.53. The van der Waals surface area contributed by atoms with Gasteiger partial charge >= 0.3 is 0 Å². The standard InChI is InChI=1S/C26H27FN4O2/c27-22-8-2-4-10-25(22)33-17-20-14-24(30-29-20)19-12-13-31(16-19)26(32)11-5-6-18-15-28-23-9-3-1-7-21(18)23/h1-4,7-10,14-15,19,28H,5-6,11-13,16-17H2,(H,29,30). The zero-order chi connectivity index (χ0) is 22.6. The molecular formula is C26H27FN4O2. The molecule has 3 heterocycles. The molecule has 1 unspecified atom stereocenters. The number of ether oxygens (including phenoxy) is 1. The van der Waals surface area contributed by atoms with Crippen LogP contribution in [-0.4, -0.2) is 39.1 Å². The normalized spacial score (nSPS) is 15.9. The van der Waals surface area contributed by atoms with Gasteiger partial charge in [0.2, 0.25) is 5.91 Å². The van der Waals surface area contributed by atoms with Gasteiger partial charge in [-0.3, -0.25) is 9.89 Å². The van der Waals surface area contributed by atoms with Gasteiger partial charge in [-0.05, 0) is 49.1 Å². The second-order valence-corrected chi connectivity index (χ2v) is 8.58. The Labute approximate surface area is 191 Å². The van der Waals surface area contributed by atoms with Crippen molar-refractivity contribution in [3.05, 3.63) is 83.6 Å². The summed E-state index contributed by atoms with van der Waals surface area (Å²) in [5, 5.41) is 8.62. The zero-order valence-electron chi connectivity index (χ0n) is 18.4. The molecule has 5 rings (SSSR count). The van der Waals surface area contributed by atoms with Gasteiger partial charge in [-0.15, -0.1) is 0 Å². The van der Waals surface area contributed by atoms with Crippen LogP contribution in [0.1, 0.15) is 42.1 Å². The minimum Gasteiger partial charge on any atom is -0.484 e. The Morgan fingerprint density at radius 2 is 2.03 bits per heavy atom. The first kappa shape index (κ1) is 21.2. The zero-order valence-corrected chi connectivity index (χ0v) is 18.4. The summed E-state index contributed by atoms with van der Waals surface area (Å²) < 4.78 is 19.3. The number of hydrogen-bond donors (Lipinski definition) is 2. The first-order valence-electron chi connectivity index (χ1n) is 11.4. The smallest absolute Gasteiger partial charge is 0.222 e. The van der Waals surface area contributed by atoms with E-state index in [2.05, 4.69) is 27.3 Å². The van der Waals surface area contributed by atoms with Crippen LogP contribution in [0, 0.1) is 5.82 Å². The van der Waals surface area contributed by atoms with Gasteiger partial charge < -0.3 is 14.6 Å². The molecule has 1 aliphatic heterocycles. The molecule has 1 saturated heterocycles. The van der Waals surface area contributed by atoms with E-state index < -0.39 is 0 Å². The number of hydrogen-bond acceptors (Lipinski definition) is 3. The molecule has 1 fully saturated rings. The lowest BCUT2D eigenvalue weighted by atomic mass is 10.0. The van der Waals surface area contributed by atoms with E-state index in [0.29, 0.717) is 13.0 Å². The average molecular weight is 447 g/mol. The van der Waals surface area contributed by atoms with Crippen molar-refractivity contribution >= 4 is 16.8 Å². The molecule has 2 aromatic carbocycles. The molecule has 1 aliphatic rings. The van der Waals surface area contributed by atoms with Crippen molar-refractivity contribution in [3.63, 3.8) is 0 Å². The lowest BCUT2D eigenvalue weighted by Gasteiger charge is -2.16. The number of fused-ring (bicyclic) bond motifs is 1. The topological polar surface area (TPSA) is 74.0 Å². The molecule has 0 aliphatic carbocycles. The number of aromatic amines is 2. The minimum absolute atomic E-state index is 0.205. The van der Waals surface area contributed by atoms with Gasteiger partial charge in [0.1, 0.15) is 6.61 Å². The van der Waals surface area contributed by atoms with Gasteiger partial charge in [0, 0.05) is 42.5 Å². The van der Waals surface area contributed by atoms with Crippen LogP contribution in [0.3, 0.4) is 0 Å². The molecular weight excluding hydrogens is 419 g/mol. The number of halogens is 1. The number of rotatable bonds is 8. The van der Waals surface area contributed by atoms with E-state index in [1.165, 1.54) is 17.0 Å². The van der Waals surface area contributed by atoms with Crippen LogP contribution >= 0.6 is 0 Å². The number of nitrogens with one attached hydrogen (secondary N) is 2. The first-order valence-corrected chi connectivity index (χ1v) is 11.4. The van der Waals surface area contributed by atoms with E-state index in [9.17, 15) is 9.18 Å². The molecule has 170 valence electrons. The lowest BCUT2D eigenvalue weighted by Crippen LogP contribution is -2.28. The summed E-state index contributed by atoms with van der Waals surface area (Å²) in [5.41, 5.74) is 4.12. The van der Waals surface area contributed by atoms with Crippen molar-refractivity contribution in [3.8, 4) is 5.75 Å². The van der Waals surface area contributed by atoms with Crippen LogP contribution in [0.2, 0.25) is 0 Å². The number of nitrogens with zero attached hydrogens (tertiary/aromatic N) is 2. The van der Waals surface area contributed by atoms with E-state index >= 15 is 0 Å². The first-order chi connectivity index (χ1) is 16.2. The fourth-order valence-electron chi connectivity index (χ4n) is 4.53. The Bertz CT molecular complexity index is 1250. The van der Waals surface area contributed by atoms with Crippen molar-refractivity contribution in [2.75, 3.05) is 13.1 Å². The molecule has 0 spiro atoms. The second kappa shape index (κ2) is 9.48. The fraction of sp³-hybridized carbons (Fsp3) is 0.308. The Kier molecular flexibility index (Phi) is 6.11. The summed E-state index contributed by atoms with van der Waals surface area (Å²) in [6.45, 7) is 1.66. The summed E-state index contributed by atoms with van der Waals surface area (Å²) in [6, 6.07) is 16.6. The number of aromatic nitrogens is 3. The summed E-state index contributed by atoms with van der Waals surface area (Å²) >= 11 is 0. The van der Waals surface area contributed by atoms with Crippen LogP contribution in [0.4, 0.5) is 4.39 Å². The molecule has 4 aromatic rings. The molecule has 2 aromatic heterocycles. The quantitative estimate of drug-likeness (QED) is 0.402. The second-order valence-electron chi connectivity index (χ2n) is 8.58. The molecule has 7 heteroatoms. The van der Waals surface area contributed by atoms with Crippen molar-refractivity contribution in [1.29, 1.82) is 0 Å². The predicted octanol–water partition coefficient (Wildman–Crippen LogP) is 4.95. The Hall–Kier alpha value is -3.61. The van der Waals surface area contributed by atoms with E-state index in [1.807, 2.05) is 29.3 Å². The highest BCUT2D eigenvalue weighted by Crippen LogP contribution is 2.28. The highest BCUT2D eigenvalue weighted by Gasteiger charge is 2.28. The van der Waals surface area contributed by atoms with Gasteiger partial charge in [0.05, 0.1) is 11.4 Å². The average Bonchev–Trinajstić information content (AvgIpc) is 3.58. The van der Waals surface area contributed by atoms with Crippen LogP contribution in [0.15, 0.2) is 60.8 Å². The van der Waals surface area contributed by atoms with Crippen LogP contribution in [0.5, 0.6) is 5.75 Å². The highest BCUT2D eigenvalue weighted by atomic mass is 19.1. The largest absolute Gasteiger partial charge is 0.484 e. The Morgan fingerprint density at radius 1 is 1.18 bits per heavy atom. The van der Waals surface area contributed by atoms with Gasteiger partial charge in [-0.2, -0.15) is 5.10 Å². The highest BCUT2D eigenvalue weighted by molar-refractivity contribution is 5.83. The third-order valence-electron chi connectivity index (χ3n) is 6.34. The molecule has 1 atom stereocenters. The van der Waals surface area contributed by atoms with Crippen LogP contribution in [0.25, 0.3) is 10.9 Å². The summed E-state index contributed by atoms with van der Waals surface area (Å²) in [4.78, 5) is 18.0. The minimum atomic E-state index is -0.383. The van der Waals surface area contributed by atoms with E-state index in [4.69, 9.17) is 4.74 Å². The van der Waals surface area contributed by atoms with Gasteiger partial charge in [0.25, 0.3) is 0 Å². The monoisotopic (exact) mass is 446 g/mol. The molecule has 0 saturated carbocycles. The van der Waals surface area contributed by atoms with Crippen LogP contribution < -0.4 is 4.74 Å². The summed E-state index contributed by atoms with van der Waals surface area (Å²) in [6.07, 6.45) is 5.22. The van der Waals surface area contributed by atoms with Gasteiger partial charge in [-0.25, -0.2) is 4.39 Å². The molecule has 0 bridgehead atoms. The number of benzene rings is 2. The van der Waals surface area contributed by atoms with Crippen molar-refractivity contribution in [2.45, 2.75) is 38.2 Å². The number of H-pyrrole nitrogens is 2. The maximum Gasteiger partial charge on any atom is 0.222 e. The number of carbonyl (C=O) groups excluding carboxylic acids is 1. The maximum atomic E-state index is 13.7. The third kappa shape index (κ3) is 4.77. The molecule has 6 nitrogen and oxygen atoms in total. The van der Waals surface area contributed by atoms with Crippen molar-refractivity contribution < 1.29 is 13.9 Å². The Balaban J connectivity index is 1.10. The van der Waals surface area contributed by atoms with Crippen molar-refractivity contribution in [2.24, 2.45) is 0 Å². The summed E-state index contributed by atoms with van der Waals surface area (Å²) in [7, 11) is 0. The van der Waals surface area contributed by atoms with E-state index in [1.54, 1.807) is 18.2 Å². The number of aryl methyl sites for hydroxylation is 1.